The number of carbonyl (C=O) groups is 1. The number of aromatic amines is 1. The average Bonchev–Trinajstić information content (AvgIpc) is 3.20. The summed E-state index contributed by atoms with van der Waals surface area (Å²) in [5, 5.41) is 6.51. The van der Waals surface area contributed by atoms with Crippen LogP contribution in [0.15, 0.2) is 47.1 Å². The van der Waals surface area contributed by atoms with Crippen molar-refractivity contribution < 1.29 is 22.7 Å². The van der Waals surface area contributed by atoms with Gasteiger partial charge in [-0.05, 0) is 36.8 Å². The van der Waals surface area contributed by atoms with E-state index < -0.39 is 23.7 Å². The minimum atomic E-state index is -0.993. The Morgan fingerprint density at radius 3 is 2.78 bits per heavy atom. The van der Waals surface area contributed by atoms with Crippen molar-refractivity contribution in [1.29, 1.82) is 0 Å². The number of aromatic nitrogens is 2. The highest BCUT2D eigenvalue weighted by Gasteiger charge is 2.18. The Morgan fingerprint density at radius 1 is 1.26 bits per heavy atom. The third-order valence-electron chi connectivity index (χ3n) is 3.27. The van der Waals surface area contributed by atoms with Gasteiger partial charge < -0.3 is 9.15 Å². The van der Waals surface area contributed by atoms with Gasteiger partial charge >= 0.3 is 5.97 Å². The van der Waals surface area contributed by atoms with Gasteiger partial charge in [-0.15, -0.1) is 0 Å². The van der Waals surface area contributed by atoms with E-state index in [-0.39, 0.29) is 5.69 Å². The number of hydrogen-bond acceptors (Lipinski definition) is 4. The van der Waals surface area contributed by atoms with Crippen LogP contribution in [0.2, 0.25) is 0 Å². The van der Waals surface area contributed by atoms with Gasteiger partial charge in [0.25, 0.3) is 0 Å². The van der Waals surface area contributed by atoms with Gasteiger partial charge in [0, 0.05) is 6.07 Å². The molecule has 0 aliphatic rings. The fraction of sp³-hybridized carbons (Fsp3) is 0.125. The zero-order chi connectivity index (χ0) is 16.4. The van der Waals surface area contributed by atoms with Crippen LogP contribution in [0.4, 0.5) is 8.78 Å². The number of nitrogens with one attached hydrogen (secondary N) is 1. The number of halogens is 2. The molecule has 1 N–H and O–H groups in total. The van der Waals surface area contributed by atoms with Crippen molar-refractivity contribution in [3.05, 3.63) is 65.6 Å². The summed E-state index contributed by atoms with van der Waals surface area (Å²) >= 11 is 0. The normalized spacial score (nSPS) is 12.1. The smallest absolute Gasteiger partial charge is 0.356 e. The molecule has 0 fully saturated rings. The Balaban J connectivity index is 1.72. The van der Waals surface area contributed by atoms with E-state index in [4.69, 9.17) is 9.15 Å². The largest absolute Gasteiger partial charge is 0.463 e. The van der Waals surface area contributed by atoms with Crippen molar-refractivity contribution in [2.45, 2.75) is 13.0 Å². The number of carbonyl (C=O) groups excluding carboxylic acids is 1. The summed E-state index contributed by atoms with van der Waals surface area (Å²) in [6, 6.07) is 8.23. The zero-order valence-corrected chi connectivity index (χ0v) is 12.0. The monoisotopic (exact) mass is 318 g/mol. The van der Waals surface area contributed by atoms with E-state index in [0.717, 1.165) is 12.1 Å². The van der Waals surface area contributed by atoms with Gasteiger partial charge in [-0.2, -0.15) is 5.10 Å². The maximum atomic E-state index is 13.2. The summed E-state index contributed by atoms with van der Waals surface area (Å²) in [6.07, 6.45) is 0.751. The van der Waals surface area contributed by atoms with Gasteiger partial charge in [-0.3, -0.25) is 5.10 Å². The topological polar surface area (TPSA) is 68.1 Å². The highest BCUT2D eigenvalue weighted by Crippen LogP contribution is 2.22. The molecule has 0 aliphatic carbocycles. The first-order valence-electron chi connectivity index (χ1n) is 6.80. The first-order chi connectivity index (χ1) is 11.0. The molecule has 2 aromatic heterocycles. The number of furan rings is 1. The van der Waals surface area contributed by atoms with Gasteiger partial charge in [0.15, 0.2) is 17.4 Å². The Kier molecular flexibility index (Phi) is 3.92. The molecule has 2 heterocycles. The first kappa shape index (κ1) is 15.0. The van der Waals surface area contributed by atoms with Crippen molar-refractivity contribution >= 4 is 5.97 Å². The highest BCUT2D eigenvalue weighted by atomic mass is 19.2. The summed E-state index contributed by atoms with van der Waals surface area (Å²) in [7, 11) is 0. The summed E-state index contributed by atoms with van der Waals surface area (Å²) in [6.45, 7) is 1.56. The van der Waals surface area contributed by atoms with E-state index in [2.05, 4.69) is 10.2 Å². The molecule has 0 amide bonds. The number of rotatable bonds is 4. The van der Waals surface area contributed by atoms with E-state index in [1.165, 1.54) is 18.4 Å². The van der Waals surface area contributed by atoms with Crippen LogP contribution in [0.5, 0.6) is 0 Å². The Bertz CT molecular complexity index is 828. The lowest BCUT2D eigenvalue weighted by Crippen LogP contribution is -2.10. The van der Waals surface area contributed by atoms with Crippen molar-refractivity contribution in [2.24, 2.45) is 0 Å². The number of benzene rings is 1. The predicted octanol–water partition coefficient (Wildman–Crippen LogP) is 3.87. The van der Waals surface area contributed by atoms with Crippen LogP contribution in [0.25, 0.3) is 11.5 Å². The second-order valence-electron chi connectivity index (χ2n) is 4.87. The lowest BCUT2D eigenvalue weighted by atomic mass is 10.1. The first-order valence-corrected chi connectivity index (χ1v) is 6.80. The van der Waals surface area contributed by atoms with Crippen LogP contribution < -0.4 is 0 Å². The molecule has 5 nitrogen and oxygen atoms in total. The maximum Gasteiger partial charge on any atom is 0.356 e. The number of ether oxygens (including phenoxy) is 1. The summed E-state index contributed by atoms with van der Waals surface area (Å²) in [5.74, 6) is -2.10. The molecule has 7 heteroatoms. The van der Waals surface area contributed by atoms with Crippen molar-refractivity contribution in [1.82, 2.24) is 10.2 Å². The third-order valence-corrected chi connectivity index (χ3v) is 3.27. The van der Waals surface area contributed by atoms with Gasteiger partial charge in [-0.1, -0.05) is 6.07 Å². The molecule has 23 heavy (non-hydrogen) atoms. The lowest BCUT2D eigenvalue weighted by Gasteiger charge is -2.13. The minimum Gasteiger partial charge on any atom is -0.463 e. The van der Waals surface area contributed by atoms with Gasteiger partial charge in [0.05, 0.1) is 6.26 Å². The molecule has 0 aliphatic heterocycles. The fourth-order valence-electron chi connectivity index (χ4n) is 2.03. The van der Waals surface area contributed by atoms with Gasteiger partial charge in [0.1, 0.15) is 17.5 Å². The molecule has 0 saturated heterocycles. The lowest BCUT2D eigenvalue weighted by molar-refractivity contribution is 0.0330. The average molecular weight is 318 g/mol. The molecular weight excluding hydrogens is 306 g/mol. The standard InChI is InChI=1S/C16H12F2N2O3/c1-9(10-4-5-11(17)12(18)7-10)23-16(21)14-8-13(19-20-14)15-3-2-6-22-15/h2-9H,1H3,(H,19,20)/t9-/m1/s1. The summed E-state index contributed by atoms with van der Waals surface area (Å²) in [5.41, 5.74) is 0.941. The van der Waals surface area contributed by atoms with Crippen LogP contribution in [-0.2, 0) is 4.74 Å². The quantitative estimate of drug-likeness (QED) is 0.742. The van der Waals surface area contributed by atoms with Crippen LogP contribution in [0.3, 0.4) is 0 Å². The molecule has 118 valence electrons. The molecule has 0 saturated carbocycles. The van der Waals surface area contributed by atoms with Crippen LogP contribution in [-0.4, -0.2) is 16.2 Å². The second-order valence-corrected chi connectivity index (χ2v) is 4.87. The minimum absolute atomic E-state index is 0.130. The van der Waals surface area contributed by atoms with Crippen LogP contribution >= 0.6 is 0 Å². The van der Waals surface area contributed by atoms with Crippen molar-refractivity contribution in [3.63, 3.8) is 0 Å². The highest BCUT2D eigenvalue weighted by molar-refractivity contribution is 5.88. The van der Waals surface area contributed by atoms with Crippen molar-refractivity contribution in [2.75, 3.05) is 0 Å². The Morgan fingerprint density at radius 2 is 2.09 bits per heavy atom. The van der Waals surface area contributed by atoms with Crippen LogP contribution in [0.1, 0.15) is 29.1 Å². The Labute approximate surface area is 129 Å². The molecule has 0 bridgehead atoms. The molecule has 0 unspecified atom stereocenters. The summed E-state index contributed by atoms with van der Waals surface area (Å²) < 4.78 is 36.5. The molecule has 3 rings (SSSR count). The molecule has 1 aromatic carbocycles. The Hall–Kier alpha value is -2.96. The summed E-state index contributed by atoms with van der Waals surface area (Å²) in [4.78, 5) is 12.1. The van der Waals surface area contributed by atoms with E-state index in [9.17, 15) is 13.6 Å². The van der Waals surface area contributed by atoms with Crippen molar-refractivity contribution in [3.8, 4) is 11.5 Å². The number of hydrogen-bond donors (Lipinski definition) is 1. The molecule has 0 radical (unpaired) electrons. The number of nitrogens with zero attached hydrogens (tertiary/aromatic N) is 1. The second kappa shape index (κ2) is 6.04. The van der Waals surface area contributed by atoms with Crippen LogP contribution in [0, 0.1) is 11.6 Å². The molecule has 3 aromatic rings. The van der Waals surface area contributed by atoms with E-state index in [1.54, 1.807) is 19.1 Å². The third kappa shape index (κ3) is 3.13. The maximum absolute atomic E-state index is 13.2. The predicted molar refractivity (Wildman–Crippen MR) is 76.5 cm³/mol. The van der Waals surface area contributed by atoms with Gasteiger partial charge in [0.2, 0.25) is 0 Å². The van der Waals surface area contributed by atoms with E-state index in [1.807, 2.05) is 0 Å². The van der Waals surface area contributed by atoms with E-state index >= 15 is 0 Å². The number of esters is 1. The van der Waals surface area contributed by atoms with Gasteiger partial charge in [-0.25, -0.2) is 13.6 Å². The number of H-pyrrole nitrogens is 1. The fourth-order valence-corrected chi connectivity index (χ4v) is 2.03. The van der Waals surface area contributed by atoms with E-state index in [0.29, 0.717) is 17.0 Å². The zero-order valence-electron chi connectivity index (χ0n) is 12.0. The molecule has 0 spiro atoms. The SMILES string of the molecule is C[C@@H](OC(=O)c1cc(-c2ccco2)n[nH]1)c1ccc(F)c(F)c1. The molecular formula is C16H12F2N2O3. The molecule has 1 atom stereocenters.